The monoisotopic (exact) mass is 251 g/mol. The number of hydrogen-bond donors (Lipinski definition) is 2. The Kier molecular flexibility index (Phi) is 5.67. The minimum Gasteiger partial charge on any atom is -0.344 e. The van der Waals surface area contributed by atoms with E-state index in [1.54, 1.807) is 0 Å². The molecule has 0 aromatic carbocycles. The summed E-state index contributed by atoms with van der Waals surface area (Å²) in [5.74, 6) is 0.545. The number of nitrogens with zero attached hydrogens (tertiary/aromatic N) is 1. The number of nitrogens with two attached hydrogens (primary N) is 1. The molecule has 0 amide bonds. The Labute approximate surface area is 99.9 Å². The van der Waals surface area contributed by atoms with Gasteiger partial charge in [0.1, 0.15) is 6.04 Å². The van der Waals surface area contributed by atoms with Crippen LogP contribution in [-0.4, -0.2) is 55.4 Å². The molecule has 0 rings (SSSR count). The number of quaternary nitrogens is 1. The Morgan fingerprint density at radius 3 is 2.00 bits per heavy atom. The first-order chi connectivity index (χ1) is 6.93. The summed E-state index contributed by atoms with van der Waals surface area (Å²) in [4.78, 5) is 9.41. The van der Waals surface area contributed by atoms with Crippen LogP contribution in [-0.2, 0) is 4.57 Å². The smallest absolute Gasteiger partial charge is 0.199 e. The average molecular weight is 251 g/mol. The highest BCUT2D eigenvalue weighted by Crippen LogP contribution is 2.37. The minimum atomic E-state index is -3.02. The summed E-state index contributed by atoms with van der Waals surface area (Å²) in [6.45, 7) is 5.69. The van der Waals surface area contributed by atoms with Crippen molar-refractivity contribution >= 4 is 7.37 Å². The van der Waals surface area contributed by atoms with Crippen molar-refractivity contribution in [3.05, 3.63) is 0 Å². The molecule has 3 atom stereocenters. The van der Waals surface area contributed by atoms with Crippen molar-refractivity contribution in [2.24, 2.45) is 11.7 Å². The third kappa shape index (κ3) is 6.64. The largest absolute Gasteiger partial charge is 0.344 e. The summed E-state index contributed by atoms with van der Waals surface area (Å²) in [5.41, 5.74) is 6.09. The SMILES string of the molecule is CC(C)C[C@@H]([C@H](N)CP(C)(=O)O)[N+](C)(C)C. The molecule has 0 aromatic rings. The first-order valence-electron chi connectivity index (χ1n) is 5.79. The number of hydrogen-bond acceptors (Lipinski definition) is 2. The molecule has 5 heteroatoms. The summed E-state index contributed by atoms with van der Waals surface area (Å²) in [6.07, 6.45) is 1.19. The second kappa shape index (κ2) is 5.63. The van der Waals surface area contributed by atoms with Gasteiger partial charge >= 0.3 is 0 Å². The molecule has 0 fully saturated rings. The predicted octanol–water partition coefficient (Wildman–Crippen LogP) is 1.33. The van der Waals surface area contributed by atoms with Crippen molar-refractivity contribution in [3.8, 4) is 0 Å². The fourth-order valence-electron chi connectivity index (χ4n) is 2.06. The van der Waals surface area contributed by atoms with Gasteiger partial charge in [-0.15, -0.1) is 0 Å². The molecule has 0 saturated carbocycles. The zero-order chi connectivity index (χ0) is 13.1. The van der Waals surface area contributed by atoms with Gasteiger partial charge in [0.2, 0.25) is 0 Å². The molecular weight excluding hydrogens is 223 g/mol. The highest BCUT2D eigenvalue weighted by atomic mass is 31.2. The summed E-state index contributed by atoms with van der Waals surface area (Å²) in [5, 5.41) is 0. The third-order valence-electron chi connectivity index (χ3n) is 2.75. The van der Waals surface area contributed by atoms with E-state index in [0.717, 1.165) is 10.9 Å². The van der Waals surface area contributed by atoms with Crippen LogP contribution in [0.3, 0.4) is 0 Å². The van der Waals surface area contributed by atoms with Crippen molar-refractivity contribution in [3.63, 3.8) is 0 Å². The molecule has 0 radical (unpaired) electrons. The quantitative estimate of drug-likeness (QED) is 0.553. The Bertz CT molecular complexity index is 255. The van der Waals surface area contributed by atoms with E-state index in [9.17, 15) is 9.46 Å². The lowest BCUT2D eigenvalue weighted by molar-refractivity contribution is -0.897. The van der Waals surface area contributed by atoms with Gasteiger partial charge in [0.15, 0.2) is 7.37 Å². The van der Waals surface area contributed by atoms with Crippen LogP contribution >= 0.6 is 7.37 Å². The predicted molar refractivity (Wildman–Crippen MR) is 69.9 cm³/mol. The topological polar surface area (TPSA) is 63.3 Å². The second-order valence-corrected chi connectivity index (χ2v) is 8.68. The Morgan fingerprint density at radius 1 is 1.31 bits per heavy atom. The molecule has 98 valence electrons. The fourth-order valence-corrected chi connectivity index (χ4v) is 3.09. The standard InChI is InChI=1S/C11H27N2O2P/c1-9(2)7-11(13(3,4)5)10(12)8-16(6,14)15/h9-11H,7-8,12H2,1-6H3/p+1/t10-,11+/m1/s1. The van der Waals surface area contributed by atoms with Gasteiger partial charge in [-0.1, -0.05) is 13.8 Å². The van der Waals surface area contributed by atoms with Crippen LogP contribution in [0.5, 0.6) is 0 Å². The highest BCUT2D eigenvalue weighted by Gasteiger charge is 2.33. The van der Waals surface area contributed by atoms with Crippen LogP contribution in [0, 0.1) is 5.92 Å². The molecule has 0 aliphatic carbocycles. The number of likely N-dealkylation sites (N-methyl/N-ethyl adjacent to an activating group) is 1. The lowest BCUT2D eigenvalue weighted by atomic mass is 9.96. The average Bonchev–Trinajstić information content (AvgIpc) is 1.93. The van der Waals surface area contributed by atoms with Crippen LogP contribution in [0.1, 0.15) is 20.3 Å². The molecule has 1 unspecified atom stereocenters. The molecule has 0 aromatic heterocycles. The van der Waals surface area contributed by atoms with E-state index in [4.69, 9.17) is 5.73 Å². The van der Waals surface area contributed by atoms with Gasteiger partial charge in [-0.05, 0) is 5.92 Å². The molecule has 0 bridgehead atoms. The van der Waals surface area contributed by atoms with Crippen LogP contribution < -0.4 is 5.73 Å². The Morgan fingerprint density at radius 2 is 1.75 bits per heavy atom. The summed E-state index contributed by atoms with van der Waals surface area (Å²) in [6, 6.07) is 0.00339. The van der Waals surface area contributed by atoms with Gasteiger partial charge < -0.3 is 15.1 Å². The van der Waals surface area contributed by atoms with Gasteiger partial charge in [0.05, 0.1) is 27.2 Å². The maximum absolute atomic E-state index is 11.4. The molecule has 4 nitrogen and oxygen atoms in total. The van der Waals surface area contributed by atoms with E-state index >= 15 is 0 Å². The summed E-state index contributed by atoms with van der Waals surface area (Å²) < 4.78 is 12.1. The van der Waals surface area contributed by atoms with Gasteiger partial charge in [-0.25, -0.2) is 0 Å². The van der Waals surface area contributed by atoms with Gasteiger partial charge in [0, 0.05) is 19.2 Å². The fraction of sp³-hybridized carbons (Fsp3) is 1.00. The van der Waals surface area contributed by atoms with Crippen molar-refractivity contribution in [2.75, 3.05) is 34.0 Å². The maximum atomic E-state index is 11.4. The molecule has 0 aliphatic rings. The van der Waals surface area contributed by atoms with Crippen LogP contribution in [0.25, 0.3) is 0 Å². The van der Waals surface area contributed by atoms with Gasteiger partial charge in [0.25, 0.3) is 0 Å². The molecule has 0 aliphatic heterocycles. The summed E-state index contributed by atoms with van der Waals surface area (Å²) >= 11 is 0. The van der Waals surface area contributed by atoms with Crippen molar-refractivity contribution in [1.82, 2.24) is 0 Å². The Hall–Kier alpha value is 0.110. The van der Waals surface area contributed by atoms with E-state index in [0.29, 0.717) is 5.92 Å². The van der Waals surface area contributed by atoms with Gasteiger partial charge in [-0.2, -0.15) is 0 Å². The van der Waals surface area contributed by atoms with Gasteiger partial charge in [-0.3, -0.25) is 4.57 Å². The number of rotatable bonds is 6. The van der Waals surface area contributed by atoms with E-state index in [-0.39, 0.29) is 18.2 Å². The zero-order valence-electron chi connectivity index (χ0n) is 11.5. The first kappa shape index (κ1) is 16.1. The third-order valence-corrected chi connectivity index (χ3v) is 3.85. The molecule has 16 heavy (non-hydrogen) atoms. The molecular formula is C11H28N2O2P+. The van der Waals surface area contributed by atoms with Crippen LogP contribution in [0.2, 0.25) is 0 Å². The Balaban J connectivity index is 4.70. The maximum Gasteiger partial charge on any atom is 0.199 e. The minimum absolute atomic E-state index is 0.208. The second-order valence-electron chi connectivity index (χ2n) is 6.21. The lowest BCUT2D eigenvalue weighted by Gasteiger charge is -2.39. The molecule has 3 N–H and O–H groups in total. The summed E-state index contributed by atoms with van der Waals surface area (Å²) in [7, 11) is 3.24. The molecule has 0 spiro atoms. The zero-order valence-corrected chi connectivity index (χ0v) is 12.4. The highest BCUT2D eigenvalue weighted by molar-refractivity contribution is 7.57. The van der Waals surface area contributed by atoms with E-state index in [1.165, 1.54) is 6.66 Å². The van der Waals surface area contributed by atoms with E-state index in [1.807, 2.05) is 0 Å². The van der Waals surface area contributed by atoms with Crippen LogP contribution in [0.15, 0.2) is 0 Å². The van der Waals surface area contributed by atoms with E-state index < -0.39 is 7.37 Å². The normalized spacial score (nSPS) is 20.6. The van der Waals surface area contributed by atoms with Crippen molar-refractivity contribution in [1.29, 1.82) is 0 Å². The lowest BCUT2D eigenvalue weighted by Crippen LogP contribution is -2.56. The molecule has 0 heterocycles. The van der Waals surface area contributed by atoms with Crippen molar-refractivity contribution < 1.29 is 13.9 Å². The van der Waals surface area contributed by atoms with Crippen LogP contribution in [0.4, 0.5) is 0 Å². The molecule has 0 saturated heterocycles. The first-order valence-corrected chi connectivity index (χ1v) is 8.08. The van der Waals surface area contributed by atoms with E-state index in [2.05, 4.69) is 35.0 Å². The van der Waals surface area contributed by atoms with Crippen molar-refractivity contribution in [2.45, 2.75) is 32.4 Å².